The van der Waals surface area contributed by atoms with E-state index in [2.05, 4.69) is 5.32 Å². The molecule has 0 aliphatic carbocycles. The molecule has 1 atom stereocenters. The molecule has 0 bridgehead atoms. The van der Waals surface area contributed by atoms with Gasteiger partial charge in [-0.3, -0.25) is 9.59 Å². The molecule has 5 heteroatoms. The average molecular weight is 341 g/mol. The van der Waals surface area contributed by atoms with E-state index in [-0.39, 0.29) is 12.3 Å². The SMILES string of the molecule is O=C(O)C[C@@H](NC(=O)CC1CCOCC1)c1cccc2ccccc12. The van der Waals surface area contributed by atoms with Gasteiger partial charge in [0.25, 0.3) is 0 Å². The molecule has 1 heterocycles. The van der Waals surface area contributed by atoms with Gasteiger partial charge in [-0.2, -0.15) is 0 Å². The van der Waals surface area contributed by atoms with E-state index in [9.17, 15) is 14.7 Å². The molecule has 3 rings (SSSR count). The minimum Gasteiger partial charge on any atom is -0.481 e. The predicted molar refractivity (Wildman–Crippen MR) is 95.2 cm³/mol. The summed E-state index contributed by atoms with van der Waals surface area (Å²) in [6, 6.07) is 13.1. The second kappa shape index (κ2) is 8.12. The van der Waals surface area contributed by atoms with Gasteiger partial charge in [0, 0.05) is 19.6 Å². The molecule has 1 aliphatic heterocycles. The quantitative estimate of drug-likeness (QED) is 0.845. The number of carbonyl (C=O) groups is 2. The number of carbonyl (C=O) groups excluding carboxylic acids is 1. The van der Waals surface area contributed by atoms with Crippen LogP contribution in [0, 0.1) is 5.92 Å². The Balaban J connectivity index is 1.79. The topological polar surface area (TPSA) is 75.6 Å². The highest BCUT2D eigenvalue weighted by atomic mass is 16.5. The number of aliphatic carboxylic acids is 1. The zero-order valence-electron chi connectivity index (χ0n) is 14.1. The van der Waals surface area contributed by atoms with Crippen LogP contribution in [0.25, 0.3) is 10.8 Å². The van der Waals surface area contributed by atoms with Gasteiger partial charge in [0.15, 0.2) is 0 Å². The molecule has 1 amide bonds. The first kappa shape index (κ1) is 17.4. The third-order valence-electron chi connectivity index (χ3n) is 4.73. The maximum absolute atomic E-state index is 12.5. The zero-order chi connectivity index (χ0) is 17.6. The van der Waals surface area contributed by atoms with E-state index in [0.29, 0.717) is 25.6 Å². The van der Waals surface area contributed by atoms with Crippen LogP contribution in [0.15, 0.2) is 42.5 Å². The van der Waals surface area contributed by atoms with Crippen molar-refractivity contribution in [2.24, 2.45) is 5.92 Å². The van der Waals surface area contributed by atoms with Crippen molar-refractivity contribution in [1.29, 1.82) is 0 Å². The number of amides is 1. The molecule has 2 aromatic rings. The van der Waals surface area contributed by atoms with Gasteiger partial charge in [0.1, 0.15) is 0 Å². The highest BCUT2D eigenvalue weighted by Crippen LogP contribution is 2.27. The smallest absolute Gasteiger partial charge is 0.305 e. The first-order valence-corrected chi connectivity index (χ1v) is 8.70. The lowest BCUT2D eigenvalue weighted by molar-refractivity contribution is -0.137. The van der Waals surface area contributed by atoms with Gasteiger partial charge in [-0.25, -0.2) is 0 Å². The lowest BCUT2D eigenvalue weighted by Gasteiger charge is -2.24. The fourth-order valence-corrected chi connectivity index (χ4v) is 3.43. The Bertz CT molecular complexity index is 747. The Kier molecular flexibility index (Phi) is 5.66. The predicted octanol–water partition coefficient (Wildman–Crippen LogP) is 3.29. The van der Waals surface area contributed by atoms with Crippen molar-refractivity contribution in [3.05, 3.63) is 48.0 Å². The first-order valence-electron chi connectivity index (χ1n) is 8.70. The van der Waals surface area contributed by atoms with Crippen LogP contribution in [0.4, 0.5) is 0 Å². The van der Waals surface area contributed by atoms with Crippen molar-refractivity contribution in [2.45, 2.75) is 31.7 Å². The second-order valence-corrected chi connectivity index (χ2v) is 6.55. The molecular weight excluding hydrogens is 318 g/mol. The number of carboxylic acid groups (broad SMARTS) is 1. The minimum atomic E-state index is -0.927. The third kappa shape index (κ3) is 4.57. The number of fused-ring (bicyclic) bond motifs is 1. The molecule has 132 valence electrons. The molecule has 0 unspecified atom stereocenters. The molecule has 1 saturated heterocycles. The van der Waals surface area contributed by atoms with Gasteiger partial charge in [0.05, 0.1) is 12.5 Å². The van der Waals surface area contributed by atoms with Crippen LogP contribution in [0.2, 0.25) is 0 Å². The molecule has 2 N–H and O–H groups in total. The Morgan fingerprint density at radius 3 is 2.60 bits per heavy atom. The largest absolute Gasteiger partial charge is 0.481 e. The summed E-state index contributed by atoms with van der Waals surface area (Å²) >= 11 is 0. The number of hydrogen-bond donors (Lipinski definition) is 2. The second-order valence-electron chi connectivity index (χ2n) is 6.55. The first-order chi connectivity index (χ1) is 12.1. The Morgan fingerprint density at radius 1 is 1.12 bits per heavy atom. The van der Waals surface area contributed by atoms with Gasteiger partial charge < -0.3 is 15.2 Å². The van der Waals surface area contributed by atoms with Crippen LogP contribution < -0.4 is 5.32 Å². The summed E-state index contributed by atoms with van der Waals surface area (Å²) in [7, 11) is 0. The van der Waals surface area contributed by atoms with E-state index in [1.807, 2.05) is 42.5 Å². The number of ether oxygens (including phenoxy) is 1. The summed E-state index contributed by atoms with van der Waals surface area (Å²) in [5.41, 5.74) is 0.848. The van der Waals surface area contributed by atoms with Crippen LogP contribution in [0.1, 0.15) is 37.3 Å². The van der Waals surface area contributed by atoms with E-state index in [1.165, 1.54) is 0 Å². The number of hydrogen-bond acceptors (Lipinski definition) is 3. The summed E-state index contributed by atoms with van der Waals surface area (Å²) < 4.78 is 5.32. The number of benzene rings is 2. The fourth-order valence-electron chi connectivity index (χ4n) is 3.43. The minimum absolute atomic E-state index is 0.0916. The molecule has 0 radical (unpaired) electrons. The maximum atomic E-state index is 12.5. The molecule has 5 nitrogen and oxygen atoms in total. The lowest BCUT2D eigenvalue weighted by Crippen LogP contribution is -2.32. The van der Waals surface area contributed by atoms with Crippen molar-refractivity contribution < 1.29 is 19.4 Å². The van der Waals surface area contributed by atoms with Gasteiger partial charge in [0.2, 0.25) is 5.91 Å². The molecule has 1 aliphatic rings. The zero-order valence-corrected chi connectivity index (χ0v) is 14.1. The lowest BCUT2D eigenvalue weighted by atomic mass is 9.94. The van der Waals surface area contributed by atoms with Crippen LogP contribution >= 0.6 is 0 Å². The van der Waals surface area contributed by atoms with E-state index in [1.54, 1.807) is 0 Å². The van der Waals surface area contributed by atoms with Crippen molar-refractivity contribution in [2.75, 3.05) is 13.2 Å². The molecule has 2 aromatic carbocycles. The van der Waals surface area contributed by atoms with Crippen molar-refractivity contribution in [3.63, 3.8) is 0 Å². The highest BCUT2D eigenvalue weighted by Gasteiger charge is 2.23. The third-order valence-corrected chi connectivity index (χ3v) is 4.73. The summed E-state index contributed by atoms with van der Waals surface area (Å²) in [4.78, 5) is 23.8. The summed E-state index contributed by atoms with van der Waals surface area (Å²) in [5, 5.41) is 14.2. The van der Waals surface area contributed by atoms with Crippen LogP contribution in [0.3, 0.4) is 0 Å². The van der Waals surface area contributed by atoms with Gasteiger partial charge >= 0.3 is 5.97 Å². The monoisotopic (exact) mass is 341 g/mol. The van der Waals surface area contributed by atoms with Gasteiger partial charge in [-0.05, 0) is 35.1 Å². The summed E-state index contributed by atoms with van der Waals surface area (Å²) in [6.45, 7) is 1.39. The van der Waals surface area contributed by atoms with Gasteiger partial charge in [-0.1, -0.05) is 42.5 Å². The van der Waals surface area contributed by atoms with E-state index >= 15 is 0 Å². The standard InChI is InChI=1S/C20H23NO4/c22-19(12-14-8-10-25-11-9-14)21-18(13-20(23)24)17-7-3-5-15-4-1-2-6-16(15)17/h1-7,14,18H,8-13H2,(H,21,22)(H,23,24)/t18-/m1/s1. The highest BCUT2D eigenvalue weighted by molar-refractivity contribution is 5.87. The molecule has 1 fully saturated rings. The van der Waals surface area contributed by atoms with Crippen molar-refractivity contribution >= 4 is 22.6 Å². The Labute approximate surface area is 147 Å². The van der Waals surface area contributed by atoms with E-state index in [0.717, 1.165) is 29.2 Å². The Morgan fingerprint density at radius 2 is 1.84 bits per heavy atom. The van der Waals surface area contributed by atoms with E-state index < -0.39 is 12.0 Å². The van der Waals surface area contributed by atoms with Crippen molar-refractivity contribution in [1.82, 2.24) is 5.32 Å². The molecule has 0 aromatic heterocycles. The molecule has 0 spiro atoms. The molecular formula is C20H23NO4. The Hall–Kier alpha value is -2.40. The van der Waals surface area contributed by atoms with Crippen LogP contribution in [0.5, 0.6) is 0 Å². The molecule has 0 saturated carbocycles. The van der Waals surface area contributed by atoms with Crippen molar-refractivity contribution in [3.8, 4) is 0 Å². The van der Waals surface area contributed by atoms with Crippen LogP contribution in [-0.2, 0) is 14.3 Å². The summed E-state index contributed by atoms with van der Waals surface area (Å²) in [6.07, 6.45) is 2.05. The number of carboxylic acids is 1. The van der Waals surface area contributed by atoms with Gasteiger partial charge in [-0.15, -0.1) is 0 Å². The average Bonchev–Trinajstić information content (AvgIpc) is 2.61. The fraction of sp³-hybridized carbons (Fsp3) is 0.400. The van der Waals surface area contributed by atoms with E-state index in [4.69, 9.17) is 4.74 Å². The summed E-state index contributed by atoms with van der Waals surface area (Å²) in [5.74, 6) is -0.706. The maximum Gasteiger partial charge on any atom is 0.305 e. The molecule has 25 heavy (non-hydrogen) atoms. The van der Waals surface area contributed by atoms with Crippen LogP contribution in [-0.4, -0.2) is 30.2 Å². The number of rotatable bonds is 6. The normalized spacial score (nSPS) is 16.5. The number of nitrogens with one attached hydrogen (secondary N) is 1.